The molecule has 0 radical (unpaired) electrons. The van der Waals surface area contributed by atoms with Gasteiger partial charge in [0.2, 0.25) is 0 Å². The average molecular weight is 606 g/mol. The van der Waals surface area contributed by atoms with Gasteiger partial charge < -0.3 is 0 Å². The Morgan fingerprint density at radius 2 is 0.857 bits per heavy atom. The first-order valence-corrected chi connectivity index (χ1v) is 15.4. The molecule has 4 aromatic rings. The molecule has 1 aliphatic heterocycles. The Morgan fingerprint density at radius 1 is 0.500 bits per heavy atom. The van der Waals surface area contributed by atoms with E-state index in [2.05, 4.69) is 0 Å². The lowest BCUT2D eigenvalue weighted by molar-refractivity contribution is 0.382. The van der Waals surface area contributed by atoms with Gasteiger partial charge in [0.25, 0.3) is 6.71 Å². The minimum atomic E-state index is -2.94. The van der Waals surface area contributed by atoms with Crippen LogP contribution in [0.2, 0.25) is 13.1 Å². The van der Waals surface area contributed by atoms with Gasteiger partial charge in [-0.05, 0) is 11.1 Å². The molecule has 1 heterocycles. The molecule has 1 aliphatic rings. The Kier molecular flexibility index (Phi) is 7.46. The van der Waals surface area contributed by atoms with Crippen molar-refractivity contribution in [2.45, 2.75) is 13.1 Å². The fraction of sp³-hybridized carbons (Fsp3) is 0.0667. The Balaban J connectivity index is 2.01. The maximum Gasteiger partial charge on any atom is 0.257 e. The minimum Gasteiger partial charge on any atom is -0.204 e. The van der Waals surface area contributed by atoms with Crippen molar-refractivity contribution in [3.63, 3.8) is 0 Å². The quantitative estimate of drug-likeness (QED) is 0.0953. The molecule has 0 atom stereocenters. The number of halogens is 10. The van der Waals surface area contributed by atoms with E-state index in [1.165, 1.54) is 6.08 Å². The molecule has 42 heavy (non-hydrogen) atoms. The van der Waals surface area contributed by atoms with E-state index in [1.807, 2.05) is 0 Å². The SMILES string of the molecule is C[Si]1(C)C(c2ccccc2)=C(B(c2c(F)c(F)c(F)c(F)c2F)c2c(F)c(F)c(F)c(F)c2F)/C1=C\c1ccccc1. The predicted molar refractivity (Wildman–Crippen MR) is 143 cm³/mol. The first-order chi connectivity index (χ1) is 19.8. The van der Waals surface area contributed by atoms with Gasteiger partial charge in [-0.3, -0.25) is 0 Å². The van der Waals surface area contributed by atoms with Crippen LogP contribution in [0.5, 0.6) is 0 Å². The molecule has 0 N–H and O–H groups in total. The lowest BCUT2D eigenvalue weighted by Gasteiger charge is -2.46. The van der Waals surface area contributed by atoms with Gasteiger partial charge in [0.05, 0.1) is 0 Å². The highest BCUT2D eigenvalue weighted by Crippen LogP contribution is 2.50. The third-order valence-electron chi connectivity index (χ3n) is 7.38. The number of hydrogen-bond donors (Lipinski definition) is 0. The predicted octanol–water partition coefficient (Wildman–Crippen LogP) is 7.56. The van der Waals surface area contributed by atoms with Crippen molar-refractivity contribution in [2.75, 3.05) is 0 Å². The highest BCUT2D eigenvalue weighted by Gasteiger charge is 2.52. The van der Waals surface area contributed by atoms with Crippen LogP contribution in [0, 0.1) is 58.2 Å². The Labute approximate surface area is 234 Å². The summed E-state index contributed by atoms with van der Waals surface area (Å²) >= 11 is 0. The Hall–Kier alpha value is -4.06. The molecule has 214 valence electrons. The second-order valence-electron chi connectivity index (χ2n) is 10.1. The van der Waals surface area contributed by atoms with E-state index in [-0.39, 0.29) is 15.9 Å². The number of rotatable bonds is 5. The van der Waals surface area contributed by atoms with Gasteiger partial charge in [0, 0.05) is 10.9 Å². The van der Waals surface area contributed by atoms with Crippen LogP contribution in [-0.4, -0.2) is 14.8 Å². The van der Waals surface area contributed by atoms with Gasteiger partial charge in [-0.2, -0.15) is 0 Å². The van der Waals surface area contributed by atoms with Crippen molar-refractivity contribution < 1.29 is 43.9 Å². The van der Waals surface area contributed by atoms with Crippen LogP contribution in [0.3, 0.4) is 0 Å². The van der Waals surface area contributed by atoms with Gasteiger partial charge in [-0.15, -0.1) is 0 Å². The smallest absolute Gasteiger partial charge is 0.204 e. The number of hydrogen-bond acceptors (Lipinski definition) is 0. The lowest BCUT2D eigenvalue weighted by atomic mass is 9.35. The van der Waals surface area contributed by atoms with E-state index in [0.717, 1.165) is 0 Å². The summed E-state index contributed by atoms with van der Waals surface area (Å²) in [4.78, 5) is 0. The summed E-state index contributed by atoms with van der Waals surface area (Å²) in [6, 6.07) is 16.1. The largest absolute Gasteiger partial charge is 0.257 e. The molecule has 5 rings (SSSR count). The molecular weight excluding hydrogens is 589 g/mol. The summed E-state index contributed by atoms with van der Waals surface area (Å²) in [5, 5.41) is 0.508. The van der Waals surface area contributed by atoms with Crippen molar-refractivity contribution >= 4 is 37.0 Å². The van der Waals surface area contributed by atoms with Crippen molar-refractivity contribution in [2.24, 2.45) is 0 Å². The monoisotopic (exact) mass is 606 g/mol. The molecule has 0 nitrogen and oxygen atoms in total. The van der Waals surface area contributed by atoms with Crippen molar-refractivity contribution in [3.05, 3.63) is 141 Å². The van der Waals surface area contributed by atoms with Gasteiger partial charge in [0.15, 0.2) is 58.2 Å². The summed E-state index contributed by atoms with van der Waals surface area (Å²) < 4.78 is 148. The highest BCUT2D eigenvalue weighted by molar-refractivity contribution is 7.13. The third-order valence-corrected chi connectivity index (χ3v) is 11.0. The summed E-state index contributed by atoms with van der Waals surface area (Å²) in [5.74, 6) is -24.7. The van der Waals surface area contributed by atoms with E-state index in [0.29, 0.717) is 11.1 Å². The van der Waals surface area contributed by atoms with E-state index in [9.17, 15) is 26.3 Å². The zero-order chi connectivity index (χ0) is 30.7. The minimum absolute atomic E-state index is 0.241. The highest BCUT2D eigenvalue weighted by atomic mass is 28.3. The maximum atomic E-state index is 15.4. The van der Waals surface area contributed by atoms with Gasteiger partial charge in [-0.1, -0.05) is 95.7 Å². The third kappa shape index (κ3) is 4.39. The van der Waals surface area contributed by atoms with Gasteiger partial charge >= 0.3 is 0 Å². The molecule has 0 aromatic heterocycles. The molecule has 0 saturated heterocycles. The topological polar surface area (TPSA) is 0 Å². The molecule has 0 amide bonds. The molecule has 0 spiro atoms. The maximum absolute atomic E-state index is 15.4. The van der Waals surface area contributed by atoms with Gasteiger partial charge in [0.1, 0.15) is 8.07 Å². The van der Waals surface area contributed by atoms with Crippen molar-refractivity contribution in [1.82, 2.24) is 0 Å². The van der Waals surface area contributed by atoms with Crippen molar-refractivity contribution in [1.29, 1.82) is 0 Å². The standard InChI is InChI=1S/C30H17BF10Si/c1-42(2)16(13-14-9-5-3-6-10-14)17(30(42)15-11-7-4-8-12-15)31(18-20(32)24(36)28(40)25(37)21(18)33)19-22(34)26(38)29(41)27(39)23(19)35/h3-13H,1-2H3/b16-13+. The summed E-state index contributed by atoms with van der Waals surface area (Å²) in [6.45, 7) is 0.911. The molecule has 0 saturated carbocycles. The molecule has 4 aromatic carbocycles. The van der Waals surface area contributed by atoms with Crippen LogP contribution in [0.1, 0.15) is 11.1 Å². The second kappa shape index (κ2) is 10.6. The summed E-state index contributed by atoms with van der Waals surface area (Å²) in [6.07, 6.45) is 1.51. The van der Waals surface area contributed by atoms with Crippen LogP contribution in [0.25, 0.3) is 11.3 Å². The van der Waals surface area contributed by atoms with Crippen LogP contribution in [0.4, 0.5) is 43.9 Å². The Morgan fingerprint density at radius 3 is 1.26 bits per heavy atom. The zero-order valence-corrected chi connectivity index (χ0v) is 22.7. The number of benzene rings is 4. The summed E-state index contributed by atoms with van der Waals surface area (Å²) in [7, 11) is -2.94. The van der Waals surface area contributed by atoms with Crippen LogP contribution in [0.15, 0.2) is 71.3 Å². The fourth-order valence-corrected chi connectivity index (χ4v) is 8.85. The van der Waals surface area contributed by atoms with Gasteiger partial charge in [-0.25, -0.2) is 43.9 Å². The first-order valence-electron chi connectivity index (χ1n) is 12.4. The van der Waals surface area contributed by atoms with Crippen molar-refractivity contribution in [3.8, 4) is 0 Å². The van der Waals surface area contributed by atoms with Crippen LogP contribution >= 0.6 is 0 Å². The molecular formula is C30H17BF10Si. The van der Waals surface area contributed by atoms with Crippen LogP contribution < -0.4 is 10.9 Å². The first kappa shape index (κ1) is 29.4. The molecule has 12 heteroatoms. The Bertz CT molecular complexity index is 1670. The van der Waals surface area contributed by atoms with E-state index in [1.54, 1.807) is 73.8 Å². The molecule has 0 bridgehead atoms. The molecule has 0 fully saturated rings. The second-order valence-corrected chi connectivity index (χ2v) is 14.4. The van der Waals surface area contributed by atoms with Crippen LogP contribution in [-0.2, 0) is 0 Å². The normalized spacial score (nSPS) is 15.3. The van der Waals surface area contributed by atoms with E-state index in [4.69, 9.17) is 0 Å². The van der Waals surface area contributed by atoms with E-state index >= 15 is 17.6 Å². The molecule has 0 unspecified atom stereocenters. The zero-order valence-electron chi connectivity index (χ0n) is 21.7. The lowest BCUT2D eigenvalue weighted by Crippen LogP contribution is -2.59. The number of allylic oxidation sites excluding steroid dienone is 2. The van der Waals surface area contributed by atoms with E-state index < -0.39 is 83.9 Å². The summed E-state index contributed by atoms with van der Waals surface area (Å²) in [5.41, 5.74) is -2.94. The average Bonchev–Trinajstić information content (AvgIpc) is 2.99. The fourth-order valence-electron chi connectivity index (χ4n) is 5.46. The molecule has 0 aliphatic carbocycles.